The number of ether oxygens (including phenoxy) is 1. The molecule has 2 aromatic rings. The van der Waals surface area contributed by atoms with Crippen molar-refractivity contribution < 1.29 is 40.3 Å². The Morgan fingerprint density at radius 3 is 2.25 bits per heavy atom. The zero-order valence-electron chi connectivity index (χ0n) is 14.2. The van der Waals surface area contributed by atoms with Crippen LogP contribution in [-0.2, 0) is 17.9 Å². The summed E-state index contributed by atoms with van der Waals surface area (Å²) < 4.78 is 94.9. The number of hydrogen-bond donors (Lipinski definition) is 1. The van der Waals surface area contributed by atoms with Crippen LogP contribution in [0.4, 0.5) is 36.4 Å². The topological polar surface area (TPSA) is 56.1 Å². The molecule has 12 heteroatoms. The van der Waals surface area contributed by atoms with Crippen molar-refractivity contribution >= 4 is 11.6 Å². The first-order valence-corrected chi connectivity index (χ1v) is 7.76. The first-order valence-electron chi connectivity index (χ1n) is 7.76. The van der Waals surface area contributed by atoms with Crippen LogP contribution in [-0.4, -0.2) is 33.7 Å². The van der Waals surface area contributed by atoms with Crippen LogP contribution in [0.5, 0.6) is 5.75 Å². The highest BCUT2D eigenvalue weighted by Gasteiger charge is 2.76. The van der Waals surface area contributed by atoms with E-state index in [-0.39, 0.29) is 6.73 Å². The van der Waals surface area contributed by atoms with Gasteiger partial charge in [-0.15, -0.1) is 0 Å². The summed E-state index contributed by atoms with van der Waals surface area (Å²) in [4.78, 5) is 11.3. The normalized spacial score (nSPS) is 12.7. The molecule has 5 nitrogen and oxygen atoms in total. The molecule has 0 fully saturated rings. The van der Waals surface area contributed by atoms with Gasteiger partial charge in [-0.3, -0.25) is 4.79 Å². The summed E-state index contributed by atoms with van der Waals surface area (Å²) in [6.07, 6.45) is -4.05. The smallest absolute Gasteiger partial charge is 0.460 e. The number of benzene rings is 1. The van der Waals surface area contributed by atoms with Crippen molar-refractivity contribution in [3.05, 3.63) is 42.2 Å². The number of nitrogens with zero attached hydrogens (tertiary/aromatic N) is 2. The molecule has 1 aromatic heterocycles. The Kier molecular flexibility index (Phi) is 5.90. The van der Waals surface area contributed by atoms with Crippen LogP contribution in [0.25, 0.3) is 0 Å². The summed E-state index contributed by atoms with van der Waals surface area (Å²) >= 11 is 0. The number of hydrogen-bond acceptors (Lipinski definition) is 3. The second kappa shape index (κ2) is 7.68. The third-order valence-electron chi connectivity index (χ3n) is 3.62. The van der Waals surface area contributed by atoms with Crippen molar-refractivity contribution in [3.8, 4) is 5.75 Å². The molecule has 0 radical (unpaired) electrons. The van der Waals surface area contributed by atoms with E-state index < -0.39 is 29.6 Å². The van der Waals surface area contributed by atoms with Gasteiger partial charge in [-0.25, -0.2) is 4.68 Å². The molecule has 0 saturated heterocycles. The number of aryl methyl sites for hydroxylation is 1. The maximum absolute atomic E-state index is 13.3. The van der Waals surface area contributed by atoms with Gasteiger partial charge in [0, 0.05) is 0 Å². The first kappa shape index (κ1) is 21.5. The number of nitrogens with one attached hydrogen (secondary N) is 1. The standard InChI is InChI=1S/C16H14F7N3O2/c1-2-10-3-5-12(6-4-10)28-9-26-8-11(7-24-26)25-13(27)14(17,18)15(19,20)16(21,22)23/h3-8H,2,9H2,1H3,(H,25,27). The maximum Gasteiger partial charge on any atom is 0.460 e. The summed E-state index contributed by atoms with van der Waals surface area (Å²) in [5.74, 6) is -14.9. The average Bonchev–Trinajstić information content (AvgIpc) is 3.06. The molecule has 1 N–H and O–H groups in total. The highest BCUT2D eigenvalue weighted by molar-refractivity contribution is 5.96. The average molecular weight is 413 g/mol. The van der Waals surface area contributed by atoms with Crippen LogP contribution >= 0.6 is 0 Å². The van der Waals surface area contributed by atoms with E-state index in [4.69, 9.17) is 4.74 Å². The van der Waals surface area contributed by atoms with Crippen molar-refractivity contribution in [1.29, 1.82) is 0 Å². The van der Waals surface area contributed by atoms with Crippen LogP contribution in [0.2, 0.25) is 0 Å². The number of alkyl halides is 7. The number of amides is 1. The van der Waals surface area contributed by atoms with E-state index in [1.54, 1.807) is 12.1 Å². The molecule has 2 rings (SSSR count). The zero-order valence-corrected chi connectivity index (χ0v) is 14.2. The van der Waals surface area contributed by atoms with Gasteiger partial charge in [0.05, 0.1) is 18.1 Å². The Hall–Kier alpha value is -2.79. The second-order valence-corrected chi connectivity index (χ2v) is 5.64. The molecule has 1 heterocycles. The lowest BCUT2D eigenvalue weighted by Crippen LogP contribution is -2.57. The Morgan fingerprint density at radius 1 is 1.11 bits per heavy atom. The van der Waals surface area contributed by atoms with E-state index in [0.717, 1.165) is 29.1 Å². The van der Waals surface area contributed by atoms with Crippen LogP contribution in [0.1, 0.15) is 12.5 Å². The van der Waals surface area contributed by atoms with Crippen molar-refractivity contribution in [3.63, 3.8) is 0 Å². The van der Waals surface area contributed by atoms with Crippen LogP contribution in [0, 0.1) is 0 Å². The molecule has 1 amide bonds. The van der Waals surface area contributed by atoms with Crippen molar-refractivity contribution in [2.24, 2.45) is 0 Å². The second-order valence-electron chi connectivity index (χ2n) is 5.64. The maximum atomic E-state index is 13.3. The molecule has 0 unspecified atom stereocenters. The van der Waals surface area contributed by atoms with Gasteiger partial charge in [0.2, 0.25) is 0 Å². The molecule has 0 aliphatic heterocycles. The lowest BCUT2D eigenvalue weighted by Gasteiger charge is -2.26. The molecule has 0 aliphatic rings. The van der Waals surface area contributed by atoms with Gasteiger partial charge in [-0.1, -0.05) is 19.1 Å². The molecule has 0 spiro atoms. The van der Waals surface area contributed by atoms with Crippen molar-refractivity contribution in [1.82, 2.24) is 9.78 Å². The fourth-order valence-corrected chi connectivity index (χ4v) is 1.99. The lowest BCUT2D eigenvalue weighted by molar-refractivity contribution is -0.343. The van der Waals surface area contributed by atoms with Gasteiger partial charge in [0.15, 0.2) is 6.73 Å². The van der Waals surface area contributed by atoms with Crippen LogP contribution < -0.4 is 10.1 Å². The minimum atomic E-state index is -6.60. The van der Waals surface area contributed by atoms with E-state index >= 15 is 0 Å². The molecule has 0 bridgehead atoms. The number of carbonyl (C=O) groups is 1. The number of aromatic nitrogens is 2. The number of anilines is 1. The van der Waals surface area contributed by atoms with E-state index in [2.05, 4.69) is 5.10 Å². The van der Waals surface area contributed by atoms with Gasteiger partial charge in [-0.05, 0) is 24.1 Å². The summed E-state index contributed by atoms with van der Waals surface area (Å²) in [6.45, 7) is 1.74. The molecule has 0 aliphatic carbocycles. The Morgan fingerprint density at radius 2 is 1.71 bits per heavy atom. The van der Waals surface area contributed by atoms with Crippen LogP contribution in [0.15, 0.2) is 36.7 Å². The van der Waals surface area contributed by atoms with E-state index in [9.17, 15) is 35.5 Å². The third kappa shape index (κ3) is 4.37. The van der Waals surface area contributed by atoms with E-state index in [1.165, 1.54) is 5.32 Å². The molecule has 154 valence electrons. The van der Waals surface area contributed by atoms with Gasteiger partial charge < -0.3 is 10.1 Å². The highest BCUT2D eigenvalue weighted by atomic mass is 19.4. The summed E-state index contributed by atoms with van der Waals surface area (Å²) in [7, 11) is 0. The summed E-state index contributed by atoms with van der Waals surface area (Å²) in [5.41, 5.74) is 0.556. The monoisotopic (exact) mass is 413 g/mol. The van der Waals surface area contributed by atoms with Gasteiger partial charge in [0.25, 0.3) is 0 Å². The highest BCUT2D eigenvalue weighted by Crippen LogP contribution is 2.46. The van der Waals surface area contributed by atoms with Crippen molar-refractivity contribution in [2.45, 2.75) is 38.1 Å². The molecule has 0 atom stereocenters. The van der Waals surface area contributed by atoms with Gasteiger partial charge >= 0.3 is 23.9 Å². The minimum Gasteiger partial charge on any atom is -0.471 e. The van der Waals surface area contributed by atoms with Crippen molar-refractivity contribution in [2.75, 3.05) is 5.32 Å². The molecule has 1 aromatic carbocycles. The van der Waals surface area contributed by atoms with Crippen LogP contribution in [0.3, 0.4) is 0 Å². The number of rotatable bonds is 7. The predicted molar refractivity (Wildman–Crippen MR) is 83.3 cm³/mol. The number of halogens is 7. The van der Waals surface area contributed by atoms with E-state index in [1.807, 2.05) is 19.1 Å². The third-order valence-corrected chi connectivity index (χ3v) is 3.62. The van der Waals surface area contributed by atoms with Gasteiger partial charge in [-0.2, -0.15) is 35.8 Å². The predicted octanol–water partition coefficient (Wildman–Crippen LogP) is 4.25. The fourth-order valence-electron chi connectivity index (χ4n) is 1.99. The molecular weight excluding hydrogens is 399 g/mol. The lowest BCUT2D eigenvalue weighted by atomic mass is 10.1. The quantitative estimate of drug-likeness (QED) is 0.691. The fraction of sp³-hybridized carbons (Fsp3) is 0.375. The Bertz CT molecular complexity index is 816. The largest absolute Gasteiger partial charge is 0.471 e. The SMILES string of the molecule is CCc1ccc(OCn2cc(NC(=O)C(F)(F)C(F)(F)C(F)(F)F)cn2)cc1. The molecule has 28 heavy (non-hydrogen) atoms. The Labute approximate surface area is 154 Å². The summed E-state index contributed by atoms with van der Waals surface area (Å²) in [6, 6.07) is 6.97. The van der Waals surface area contributed by atoms with Gasteiger partial charge in [0.1, 0.15) is 5.75 Å². The zero-order chi connectivity index (χ0) is 21.2. The first-order chi connectivity index (χ1) is 12.9. The molecule has 0 saturated carbocycles. The Balaban J connectivity index is 2.00. The number of carbonyl (C=O) groups excluding carboxylic acids is 1. The minimum absolute atomic E-state index is 0.226. The molecular formula is C16H14F7N3O2. The van der Waals surface area contributed by atoms with E-state index in [0.29, 0.717) is 5.75 Å². The summed E-state index contributed by atoms with van der Waals surface area (Å²) in [5, 5.41) is 4.92.